The van der Waals surface area contributed by atoms with Crippen LogP contribution >= 0.6 is 0 Å². The quantitative estimate of drug-likeness (QED) is 0.444. The Morgan fingerprint density at radius 1 is 0.889 bits per heavy atom. The minimum absolute atomic E-state index is 0. The summed E-state index contributed by atoms with van der Waals surface area (Å²) in [5.41, 5.74) is 0. The molecule has 0 aliphatic heterocycles. The van der Waals surface area contributed by atoms with Gasteiger partial charge < -0.3 is 5.48 Å². The van der Waals surface area contributed by atoms with Crippen molar-refractivity contribution >= 4 is 29.6 Å². The fraction of sp³-hybridized carbons (Fsp3) is 0. The maximum absolute atomic E-state index is 10.7. The van der Waals surface area contributed by atoms with Crippen LogP contribution in [0.1, 0.15) is 0 Å². The van der Waals surface area contributed by atoms with E-state index in [9.17, 15) is 12.6 Å². The molecule has 0 heterocycles. The Morgan fingerprint density at radius 3 is 0.889 bits per heavy atom. The summed E-state index contributed by atoms with van der Waals surface area (Å²) in [5, 5.41) is 0. The zero-order valence-electron chi connectivity index (χ0n) is 3.24. The third-order valence-corrected chi connectivity index (χ3v) is 0. The van der Waals surface area contributed by atoms with E-state index in [1.165, 1.54) is 0 Å². The van der Waals surface area contributed by atoms with E-state index in [4.69, 9.17) is 6.80 Å². The van der Waals surface area contributed by atoms with Crippen molar-refractivity contribution in [2.75, 3.05) is 0 Å². The summed E-state index contributed by atoms with van der Waals surface area (Å²) in [6, 6.07) is 0. The molecular weight excluding hydrogens is 243 g/mol. The third kappa shape index (κ3) is 464. The molecule has 0 rings (SSSR count). The monoisotopic (exact) mass is 248 g/mol. The Labute approximate surface area is 69.7 Å². The van der Waals surface area contributed by atoms with Gasteiger partial charge in [-0.1, -0.05) is 0 Å². The van der Waals surface area contributed by atoms with Crippen LogP contribution in [0.25, 0.3) is 0 Å². The molecule has 0 unspecified atom stereocenters. The Bertz CT molecular complexity index is 195. The van der Waals surface area contributed by atoms with Crippen LogP contribution in [0.2, 0.25) is 0 Å². The van der Waals surface area contributed by atoms with E-state index < -0.39 is 15.6 Å². The first-order valence-electron chi connectivity index (χ1n) is 0.951. The summed E-state index contributed by atoms with van der Waals surface area (Å²) in [6.07, 6.45) is 0. The van der Waals surface area contributed by atoms with Crippen molar-refractivity contribution in [1.82, 2.24) is 0 Å². The molecule has 0 saturated heterocycles. The standard InChI is InChI=1S/4FH.Mo.Na.H2O.2O.H/h4*1H;;;1H2;;;/q;;;;+4;;;;;/p-4. The summed E-state index contributed by atoms with van der Waals surface area (Å²) >= 11 is -10.7. The molecule has 0 fully saturated rings. The van der Waals surface area contributed by atoms with E-state index in [0.29, 0.717) is 0 Å². The van der Waals surface area contributed by atoms with Crippen LogP contribution in [0.3, 0.4) is 0 Å². The van der Waals surface area contributed by atoms with E-state index in [0.717, 1.165) is 0 Å². The molecule has 0 aromatic carbocycles. The first-order valence-corrected chi connectivity index (χ1v) is 5.62. The second-order valence-electron chi connectivity index (χ2n) is 0.922. The van der Waals surface area contributed by atoms with E-state index in [2.05, 4.69) is 0 Å². The van der Waals surface area contributed by atoms with Crippen LogP contribution in [0.4, 0.5) is 12.6 Å². The van der Waals surface area contributed by atoms with Gasteiger partial charge in [0.25, 0.3) is 0 Å². The SMILES string of the molecule is O.[NaH].[O]=[Mo](=[O])([F])([F])([F])[F]. The summed E-state index contributed by atoms with van der Waals surface area (Å²) in [5.74, 6) is 0. The number of rotatable bonds is 0. The molecule has 3 nitrogen and oxygen atoms in total. The van der Waals surface area contributed by atoms with Gasteiger partial charge >= 0.3 is 64.6 Å². The van der Waals surface area contributed by atoms with Crippen LogP contribution in [-0.4, -0.2) is 35.0 Å². The molecule has 0 atom stereocenters. The van der Waals surface area contributed by atoms with Crippen LogP contribution in [0.15, 0.2) is 0 Å². The van der Waals surface area contributed by atoms with Crippen molar-refractivity contribution < 1.29 is 40.5 Å². The zero-order chi connectivity index (χ0) is 6.41. The van der Waals surface area contributed by atoms with E-state index in [-0.39, 0.29) is 35.0 Å². The Morgan fingerprint density at radius 2 is 0.889 bits per heavy atom. The number of halogens is 4. The molecule has 0 aromatic heterocycles. The Balaban J connectivity index is -0.000000180. The van der Waals surface area contributed by atoms with Gasteiger partial charge in [-0.25, -0.2) is 0 Å². The molecular formula is H3F4MoNaO3. The molecule has 9 heavy (non-hydrogen) atoms. The van der Waals surface area contributed by atoms with Gasteiger partial charge in [0.15, 0.2) is 0 Å². The molecule has 0 aromatic rings. The van der Waals surface area contributed by atoms with Crippen LogP contribution in [0.5, 0.6) is 0 Å². The minimum atomic E-state index is -10.7. The van der Waals surface area contributed by atoms with Gasteiger partial charge in [0.2, 0.25) is 0 Å². The van der Waals surface area contributed by atoms with Gasteiger partial charge in [0.1, 0.15) is 0 Å². The summed E-state index contributed by atoms with van der Waals surface area (Å²) < 4.78 is 57.0. The number of hydrogen-bond acceptors (Lipinski definition) is 2. The molecule has 2 N–H and O–H groups in total. The molecule has 0 aliphatic rings. The van der Waals surface area contributed by atoms with Crippen LogP contribution in [0, 0.1) is 0 Å². The molecule has 0 spiro atoms. The molecule has 0 amide bonds. The first kappa shape index (κ1) is 16.5. The summed E-state index contributed by atoms with van der Waals surface area (Å²) in [6.45, 7) is 0. The van der Waals surface area contributed by atoms with E-state index in [1.54, 1.807) is 0 Å². The number of hydrogen-bond donors (Lipinski definition) is 0. The normalized spacial score (nSPS) is 17.8. The van der Waals surface area contributed by atoms with Crippen LogP contribution in [-0.2, 0) is 22.4 Å². The second kappa shape index (κ2) is 2.23. The predicted octanol–water partition coefficient (Wildman–Crippen LogP) is -0.0325. The fourth-order valence-electron chi connectivity index (χ4n) is 0. The molecule has 0 aliphatic carbocycles. The van der Waals surface area contributed by atoms with Crippen molar-refractivity contribution in [3.63, 3.8) is 0 Å². The fourth-order valence-corrected chi connectivity index (χ4v) is 0. The van der Waals surface area contributed by atoms with Crippen LogP contribution < -0.4 is 0 Å². The van der Waals surface area contributed by atoms with E-state index >= 15 is 0 Å². The van der Waals surface area contributed by atoms with Gasteiger partial charge in [-0.2, -0.15) is 0 Å². The van der Waals surface area contributed by atoms with E-state index in [1.807, 2.05) is 0 Å². The van der Waals surface area contributed by atoms with Crippen molar-refractivity contribution in [3.05, 3.63) is 0 Å². The topological polar surface area (TPSA) is 65.6 Å². The molecule has 56 valence electrons. The maximum atomic E-state index is 10.1. The van der Waals surface area contributed by atoms with Crippen molar-refractivity contribution in [2.24, 2.45) is 0 Å². The van der Waals surface area contributed by atoms with Gasteiger partial charge in [-0.05, 0) is 0 Å². The van der Waals surface area contributed by atoms with Gasteiger partial charge in [-0.15, -0.1) is 0 Å². The average molecular weight is 246 g/mol. The van der Waals surface area contributed by atoms with Gasteiger partial charge in [0, 0.05) is 0 Å². The molecule has 0 saturated carbocycles. The Kier molecular flexibility index (Phi) is 4.10. The summed E-state index contributed by atoms with van der Waals surface area (Å²) in [7, 11) is 0. The second-order valence-corrected chi connectivity index (χ2v) is 5.45. The average Bonchev–Trinajstić information content (AvgIpc) is 0.592. The van der Waals surface area contributed by atoms with Gasteiger partial charge in [0.05, 0.1) is 0 Å². The molecule has 0 radical (unpaired) electrons. The predicted molar refractivity (Wildman–Crippen MR) is 16.6 cm³/mol. The molecule has 9 heteroatoms. The Hall–Kier alpha value is 0.968. The third-order valence-electron chi connectivity index (χ3n) is 0. The van der Waals surface area contributed by atoms with Gasteiger partial charge in [-0.3, -0.25) is 0 Å². The summed E-state index contributed by atoms with van der Waals surface area (Å²) in [4.78, 5) is 0. The van der Waals surface area contributed by atoms with Crippen molar-refractivity contribution in [3.8, 4) is 0 Å². The first-order chi connectivity index (χ1) is 2.45. The molecule has 0 bridgehead atoms. The van der Waals surface area contributed by atoms with Crippen molar-refractivity contribution in [1.29, 1.82) is 0 Å². The van der Waals surface area contributed by atoms with Crippen molar-refractivity contribution in [2.45, 2.75) is 0 Å². The zero-order valence-corrected chi connectivity index (χ0v) is 5.24.